The maximum atomic E-state index is 13.8. The largest absolute Gasteiger partial charge is 0.493 e. The van der Waals surface area contributed by atoms with Gasteiger partial charge < -0.3 is 14.8 Å². The highest BCUT2D eigenvalue weighted by Gasteiger charge is 2.24. The van der Waals surface area contributed by atoms with Crippen LogP contribution in [-0.2, 0) is 0 Å². The van der Waals surface area contributed by atoms with Crippen molar-refractivity contribution >= 4 is 11.6 Å². The Morgan fingerprint density at radius 1 is 1.00 bits per heavy atom. The third-order valence-corrected chi connectivity index (χ3v) is 4.39. The number of anilines is 1. The number of nitrogens with zero attached hydrogens (tertiary/aromatic N) is 3. The van der Waals surface area contributed by atoms with Gasteiger partial charge >= 0.3 is 0 Å². The molecule has 1 N–H and O–H groups in total. The molecular weight excluding hydrogens is 354 g/mol. The van der Waals surface area contributed by atoms with Crippen molar-refractivity contribution in [1.29, 1.82) is 0 Å². The standard InChI is InChI=1S/C19H16F2N4O2/c1-26-17-6-4-11(8-18(17)27-2)15-9-16(25-19(24-15)22-10-23-25)12-3-5-13(20)14(21)7-12/h3-10,16H,1-2H3,(H,22,23,24). The highest BCUT2D eigenvalue weighted by molar-refractivity contribution is 5.78. The van der Waals surface area contributed by atoms with E-state index in [1.807, 2.05) is 18.2 Å². The lowest BCUT2D eigenvalue weighted by Crippen LogP contribution is -2.20. The first kappa shape index (κ1) is 17.0. The van der Waals surface area contributed by atoms with Gasteiger partial charge in [0, 0.05) is 11.3 Å². The van der Waals surface area contributed by atoms with Crippen LogP contribution in [0.15, 0.2) is 48.8 Å². The Hall–Kier alpha value is -3.42. The van der Waals surface area contributed by atoms with E-state index in [1.165, 1.54) is 18.5 Å². The fourth-order valence-corrected chi connectivity index (χ4v) is 3.04. The van der Waals surface area contributed by atoms with Crippen LogP contribution in [-0.4, -0.2) is 29.0 Å². The van der Waals surface area contributed by atoms with Gasteiger partial charge in [-0.15, -0.1) is 0 Å². The fourth-order valence-electron chi connectivity index (χ4n) is 3.04. The molecule has 0 aliphatic carbocycles. The van der Waals surface area contributed by atoms with E-state index in [2.05, 4.69) is 15.4 Å². The molecule has 138 valence electrons. The molecule has 1 aromatic heterocycles. The van der Waals surface area contributed by atoms with Gasteiger partial charge in [-0.05, 0) is 42.0 Å². The van der Waals surface area contributed by atoms with E-state index in [0.29, 0.717) is 23.0 Å². The Bertz CT molecular complexity index is 1030. The lowest BCUT2D eigenvalue weighted by molar-refractivity contribution is 0.355. The molecule has 0 bridgehead atoms. The van der Waals surface area contributed by atoms with E-state index in [0.717, 1.165) is 17.3 Å². The lowest BCUT2D eigenvalue weighted by Gasteiger charge is -2.24. The summed E-state index contributed by atoms with van der Waals surface area (Å²) in [5.41, 5.74) is 2.13. The Morgan fingerprint density at radius 2 is 1.81 bits per heavy atom. The summed E-state index contributed by atoms with van der Waals surface area (Å²) in [6, 6.07) is 8.85. The Morgan fingerprint density at radius 3 is 2.56 bits per heavy atom. The summed E-state index contributed by atoms with van der Waals surface area (Å²) in [7, 11) is 3.13. The van der Waals surface area contributed by atoms with Gasteiger partial charge in [-0.25, -0.2) is 13.5 Å². The third-order valence-electron chi connectivity index (χ3n) is 4.39. The summed E-state index contributed by atoms with van der Waals surface area (Å²) < 4.78 is 39.3. The molecule has 6 nitrogen and oxygen atoms in total. The van der Waals surface area contributed by atoms with Crippen LogP contribution in [0, 0.1) is 11.6 Å². The van der Waals surface area contributed by atoms with Gasteiger partial charge in [-0.3, -0.25) is 0 Å². The number of hydrogen-bond donors (Lipinski definition) is 1. The van der Waals surface area contributed by atoms with Crippen molar-refractivity contribution in [2.75, 3.05) is 19.5 Å². The molecule has 0 spiro atoms. The summed E-state index contributed by atoms with van der Waals surface area (Å²) in [4.78, 5) is 4.20. The maximum Gasteiger partial charge on any atom is 0.226 e. The highest BCUT2D eigenvalue weighted by Crippen LogP contribution is 2.35. The summed E-state index contributed by atoms with van der Waals surface area (Å²) in [6.07, 6.45) is 3.27. The number of allylic oxidation sites excluding steroid dienone is 1. The quantitative estimate of drug-likeness (QED) is 0.760. The average Bonchev–Trinajstić information content (AvgIpc) is 3.17. The topological polar surface area (TPSA) is 61.2 Å². The van der Waals surface area contributed by atoms with Crippen molar-refractivity contribution in [3.63, 3.8) is 0 Å². The molecule has 1 aliphatic rings. The molecule has 0 radical (unpaired) electrons. The number of benzene rings is 2. The van der Waals surface area contributed by atoms with E-state index in [9.17, 15) is 8.78 Å². The van der Waals surface area contributed by atoms with E-state index in [1.54, 1.807) is 25.0 Å². The molecule has 1 atom stereocenters. The minimum Gasteiger partial charge on any atom is -0.493 e. The van der Waals surface area contributed by atoms with Gasteiger partial charge in [0.15, 0.2) is 23.1 Å². The summed E-state index contributed by atoms with van der Waals surface area (Å²) in [5.74, 6) is -0.117. The Labute approximate surface area is 154 Å². The number of rotatable bonds is 4. The monoisotopic (exact) mass is 370 g/mol. The highest BCUT2D eigenvalue weighted by atomic mass is 19.2. The van der Waals surface area contributed by atoms with Crippen molar-refractivity contribution in [3.8, 4) is 11.5 Å². The second kappa shape index (κ2) is 6.71. The fraction of sp³-hybridized carbons (Fsp3) is 0.158. The molecule has 8 heteroatoms. The zero-order valence-electron chi connectivity index (χ0n) is 14.6. The van der Waals surface area contributed by atoms with Gasteiger partial charge in [-0.1, -0.05) is 6.07 Å². The predicted molar refractivity (Wildman–Crippen MR) is 95.7 cm³/mol. The smallest absolute Gasteiger partial charge is 0.226 e. The van der Waals surface area contributed by atoms with Crippen molar-refractivity contribution in [2.24, 2.45) is 0 Å². The van der Waals surface area contributed by atoms with Gasteiger partial charge in [-0.2, -0.15) is 10.1 Å². The van der Waals surface area contributed by atoms with Crippen LogP contribution in [0.2, 0.25) is 0 Å². The van der Waals surface area contributed by atoms with Gasteiger partial charge in [0.25, 0.3) is 0 Å². The van der Waals surface area contributed by atoms with Crippen LogP contribution in [0.1, 0.15) is 17.2 Å². The van der Waals surface area contributed by atoms with Crippen molar-refractivity contribution < 1.29 is 18.3 Å². The van der Waals surface area contributed by atoms with Crippen LogP contribution in [0.25, 0.3) is 5.70 Å². The van der Waals surface area contributed by atoms with Crippen molar-refractivity contribution in [2.45, 2.75) is 6.04 Å². The number of ether oxygens (including phenoxy) is 2. The van der Waals surface area contributed by atoms with E-state index < -0.39 is 17.7 Å². The van der Waals surface area contributed by atoms with Gasteiger partial charge in [0.2, 0.25) is 5.95 Å². The number of methoxy groups -OCH3 is 2. The number of fused-ring (bicyclic) bond motifs is 1. The third kappa shape index (κ3) is 2.99. The van der Waals surface area contributed by atoms with Crippen LogP contribution >= 0.6 is 0 Å². The number of nitrogens with one attached hydrogen (secondary N) is 1. The molecule has 0 amide bonds. The first-order chi connectivity index (χ1) is 13.1. The maximum absolute atomic E-state index is 13.8. The first-order valence-electron chi connectivity index (χ1n) is 8.16. The van der Waals surface area contributed by atoms with Gasteiger partial charge in [0.05, 0.1) is 14.2 Å². The van der Waals surface area contributed by atoms with Crippen molar-refractivity contribution in [3.05, 3.63) is 71.6 Å². The Balaban J connectivity index is 1.80. The second-order valence-electron chi connectivity index (χ2n) is 5.92. The van der Waals surface area contributed by atoms with Crippen LogP contribution < -0.4 is 14.8 Å². The van der Waals surface area contributed by atoms with Gasteiger partial charge in [0.1, 0.15) is 12.4 Å². The molecule has 2 aromatic carbocycles. The minimum atomic E-state index is -0.909. The summed E-state index contributed by atoms with van der Waals surface area (Å²) in [6.45, 7) is 0. The second-order valence-corrected chi connectivity index (χ2v) is 5.92. The molecule has 4 rings (SSSR count). The zero-order chi connectivity index (χ0) is 19.0. The van der Waals surface area contributed by atoms with Crippen LogP contribution in [0.3, 0.4) is 0 Å². The van der Waals surface area contributed by atoms with Crippen LogP contribution in [0.4, 0.5) is 14.7 Å². The van der Waals surface area contributed by atoms with E-state index in [4.69, 9.17) is 9.47 Å². The Kier molecular flexibility index (Phi) is 4.23. The lowest BCUT2D eigenvalue weighted by atomic mass is 10.0. The molecule has 27 heavy (non-hydrogen) atoms. The average molecular weight is 370 g/mol. The molecule has 0 saturated heterocycles. The summed E-state index contributed by atoms with van der Waals surface area (Å²) in [5, 5.41) is 7.39. The van der Waals surface area contributed by atoms with Crippen LogP contribution in [0.5, 0.6) is 11.5 Å². The van der Waals surface area contributed by atoms with E-state index in [-0.39, 0.29) is 0 Å². The summed E-state index contributed by atoms with van der Waals surface area (Å²) >= 11 is 0. The number of hydrogen-bond acceptors (Lipinski definition) is 5. The minimum absolute atomic E-state index is 0.443. The molecule has 0 saturated carbocycles. The molecular formula is C19H16F2N4O2. The van der Waals surface area contributed by atoms with E-state index >= 15 is 0 Å². The molecule has 1 aliphatic heterocycles. The normalized spacial score (nSPS) is 15.6. The molecule has 3 aromatic rings. The SMILES string of the molecule is COc1ccc(C2=CC(c3ccc(F)c(F)c3)n3ncnc3N2)cc1OC. The number of halogens is 2. The van der Waals surface area contributed by atoms with Crippen molar-refractivity contribution in [1.82, 2.24) is 14.8 Å². The molecule has 0 fully saturated rings. The predicted octanol–water partition coefficient (Wildman–Crippen LogP) is 3.63. The zero-order valence-corrected chi connectivity index (χ0v) is 14.6. The number of aromatic nitrogens is 3. The molecule has 2 heterocycles. The molecule has 1 unspecified atom stereocenters. The first-order valence-corrected chi connectivity index (χ1v) is 8.16.